The lowest BCUT2D eigenvalue weighted by atomic mass is 9.88. The number of ether oxygens (including phenoxy) is 8. The summed E-state index contributed by atoms with van der Waals surface area (Å²) in [5.74, 6) is -23.0. The third kappa shape index (κ3) is 30.6. The molecule has 790 valence electrons. The number of carbonyl (C=O) groups is 16. The van der Waals surface area contributed by atoms with Crippen molar-refractivity contribution in [3.05, 3.63) is 18.2 Å². The Morgan fingerprint density at radius 2 is 1.14 bits per heavy atom. The number of guanidine groups is 1. The van der Waals surface area contributed by atoms with Crippen molar-refractivity contribution in [2.45, 2.75) is 314 Å². The molecule has 33 atom stereocenters. The summed E-state index contributed by atoms with van der Waals surface area (Å²) in [6.45, 7) is 1.75. The molecule has 6 fully saturated rings. The van der Waals surface area contributed by atoms with Gasteiger partial charge in [-0.1, -0.05) is 13.8 Å². The number of H-pyrrole nitrogens is 1. The van der Waals surface area contributed by atoms with Crippen molar-refractivity contribution < 1.29 is 191 Å². The van der Waals surface area contributed by atoms with Crippen molar-refractivity contribution in [2.75, 3.05) is 66.3 Å². The Balaban J connectivity index is 1.14. The first-order chi connectivity index (χ1) is 65.9. The van der Waals surface area contributed by atoms with Crippen LogP contribution in [0.3, 0.4) is 0 Å². The van der Waals surface area contributed by atoms with Gasteiger partial charge in [0.2, 0.25) is 82.7 Å². The van der Waals surface area contributed by atoms with Gasteiger partial charge in [0.05, 0.1) is 82.7 Å². The molecule has 14 amide bonds. The number of likely N-dealkylation sites (tertiary alicyclic amines) is 2. The topological polar surface area (TPSA) is 920 Å². The molecule has 0 radical (unpaired) electrons. The van der Waals surface area contributed by atoms with Crippen LogP contribution in [-0.4, -0.2) is 464 Å². The Labute approximate surface area is 799 Å². The summed E-state index contributed by atoms with van der Waals surface area (Å²) >= 11 is 0. The number of amides is 14. The van der Waals surface area contributed by atoms with Crippen LogP contribution < -0.4 is 81.0 Å². The number of nitrogens with zero attached hydrogens (tertiary/aromatic N) is 4. The molecule has 7 heterocycles. The minimum absolute atomic E-state index is 0.0191. The molecule has 34 N–H and O–H groups in total. The van der Waals surface area contributed by atoms with Gasteiger partial charge in [-0.2, -0.15) is 0 Å². The predicted molar refractivity (Wildman–Crippen MR) is 466 cm³/mol. The van der Waals surface area contributed by atoms with Gasteiger partial charge in [-0.15, -0.1) is 0 Å². The smallest absolute Gasteiger partial charge is 0.364 e. The maximum absolute atomic E-state index is 15.2. The molecule has 0 aromatic carbocycles. The molecule has 0 bridgehead atoms. The third-order valence-corrected chi connectivity index (χ3v) is 23.9. The minimum atomic E-state index is -3.29. The molecule has 0 spiro atoms. The number of carboxylic acid groups (broad SMARTS) is 2. The van der Waals surface area contributed by atoms with Crippen LogP contribution in [-0.2, 0) is 121 Å². The molecule has 1 aromatic heterocycles. The number of hydrogen-bond donors (Lipinski definition) is 31. The van der Waals surface area contributed by atoms with Crippen molar-refractivity contribution in [2.24, 2.45) is 28.1 Å². The lowest BCUT2D eigenvalue weighted by molar-refractivity contribution is -0.385. The highest BCUT2D eigenvalue weighted by Crippen LogP contribution is 2.40. The second-order valence-corrected chi connectivity index (χ2v) is 34.8. The van der Waals surface area contributed by atoms with E-state index in [0.29, 0.717) is 12.1 Å². The number of likely N-dealkylation sites (N-methyl/N-ethyl adjacent to an activating group) is 1. The van der Waals surface area contributed by atoms with Gasteiger partial charge in [0.15, 0.2) is 24.8 Å². The molecule has 59 heteroatoms. The van der Waals surface area contributed by atoms with Crippen molar-refractivity contribution >= 4 is 101 Å². The Hall–Kier alpha value is -10.9. The Kier molecular flexibility index (Phi) is 44.2. The number of aliphatic hydroxyl groups is 13. The first kappa shape index (κ1) is 116. The zero-order valence-corrected chi connectivity index (χ0v) is 78.0. The number of carbonyl (C=O) groups excluding carboxylic acids is 14. The number of nitrogens with two attached hydrogens (primary N) is 3. The first-order valence-electron chi connectivity index (χ1n) is 45.0. The number of aromatic nitrogens is 2. The summed E-state index contributed by atoms with van der Waals surface area (Å²) in [5, 5.41) is 194. The van der Waals surface area contributed by atoms with E-state index >= 15 is 4.79 Å². The predicted octanol–water partition coefficient (Wildman–Crippen LogP) is -17.6. The number of aliphatic hydroxyl groups excluding tert-OH is 13. The average molecular weight is 2010 g/mol. The monoisotopic (exact) mass is 2010 g/mol. The third-order valence-electron chi connectivity index (χ3n) is 23.9. The standard InChI is InChI=1S/C81H132N20O39/c1-30(2)51(97-49(113)23-88-66(121)38(82)19-37-22-86-29-89-37)71(126)99-53(73(128)96-41(24-102)68(123)90-31(3)74(129)100-17-12-15-43(100)70(125)95-40(20-50(114)115)67(122)98-52(32(4)107)72(127)94-39(13-10-16-87-80(83)84)75(130)101-18-11-14-42(101)69(124)85-9)33(5)133-77-56(93-36(8)110)63(58(117)46(26-104)134-77)138-76-55(92-35(7)109)60(119)62(48(28-106)136-76)137-78-61(120)65(59(118)47(27-105)135-78)140-81(79(131)132)21-44(111)54(91-34(6)108)64(139-81)57(116)45(112)25-103/h22,29-33,38-48,51-65,76-78,102-107,111-112,116-120H,10-21,23-28,82H2,1-9H3,(H,85,124)(H,86,89)(H,88,121)(H,90,123)(H,91,108)(H,92,109)(H,93,110)(H,94,127)(H,95,125)(H,96,128)(H,97,113)(H,98,122)(H,99,126)(H,114,115)(H,131,132)(H4,83,84,87)/t31?,32?,33?,38?,39?,40?,41?,42?,43?,44?,45-,46+,47+,48+,51?,52?,53?,54+,55?,56?,57-,58+,59+,60?,61?,62-,63?,64?,65?,76+,77+,78+,81+/m1/s1. The van der Waals surface area contributed by atoms with Crippen LogP contribution in [0.25, 0.3) is 0 Å². The molecule has 0 saturated carbocycles. The summed E-state index contributed by atoms with van der Waals surface area (Å²) in [7, 11) is 1.37. The van der Waals surface area contributed by atoms with E-state index in [4.69, 9.17) is 55.1 Å². The van der Waals surface area contributed by atoms with E-state index in [1.165, 1.54) is 38.3 Å². The van der Waals surface area contributed by atoms with Gasteiger partial charge < -0.3 is 210 Å². The summed E-state index contributed by atoms with van der Waals surface area (Å²) in [6, 6.07) is -22.7. The highest BCUT2D eigenvalue weighted by molar-refractivity contribution is 6.00. The van der Waals surface area contributed by atoms with E-state index < -0.39 is 354 Å². The number of aromatic amines is 1. The highest BCUT2D eigenvalue weighted by Gasteiger charge is 2.62. The molecule has 1 aromatic rings. The number of carboxylic acids is 2. The molecule has 6 aliphatic heterocycles. The molecule has 7 rings (SSSR count). The van der Waals surface area contributed by atoms with Crippen molar-refractivity contribution in [1.29, 1.82) is 0 Å². The van der Waals surface area contributed by atoms with Crippen LogP contribution in [0.1, 0.15) is 112 Å². The Morgan fingerprint density at radius 1 is 0.593 bits per heavy atom. The van der Waals surface area contributed by atoms with E-state index in [0.717, 1.165) is 46.4 Å². The fourth-order valence-corrected chi connectivity index (χ4v) is 16.7. The maximum atomic E-state index is 15.2. The normalized spacial score (nSPS) is 29.4. The van der Waals surface area contributed by atoms with E-state index in [1.54, 1.807) is 0 Å². The van der Waals surface area contributed by atoms with E-state index in [2.05, 4.69) is 78.8 Å². The lowest BCUT2D eigenvalue weighted by Crippen LogP contribution is -2.72. The quantitative estimate of drug-likeness (QED) is 0.0164. The lowest BCUT2D eigenvalue weighted by Gasteiger charge is -2.51. The number of rotatable bonds is 49. The molecular weight excluding hydrogens is 1880 g/mol. The molecule has 6 aliphatic rings. The van der Waals surface area contributed by atoms with E-state index in [1.807, 2.05) is 0 Å². The summed E-state index contributed by atoms with van der Waals surface area (Å²) in [4.78, 5) is 232. The van der Waals surface area contributed by atoms with Crippen molar-refractivity contribution in [1.82, 2.24) is 83.6 Å². The zero-order valence-electron chi connectivity index (χ0n) is 78.0. The van der Waals surface area contributed by atoms with Gasteiger partial charge in [-0.3, -0.25) is 76.9 Å². The Morgan fingerprint density at radius 3 is 1.69 bits per heavy atom. The van der Waals surface area contributed by atoms with Gasteiger partial charge in [0.25, 0.3) is 5.79 Å². The highest BCUT2D eigenvalue weighted by atomic mass is 16.8. The van der Waals surface area contributed by atoms with Crippen LogP contribution in [0, 0.1) is 5.92 Å². The van der Waals surface area contributed by atoms with Gasteiger partial charge >= 0.3 is 11.9 Å². The van der Waals surface area contributed by atoms with Gasteiger partial charge in [-0.05, 0) is 65.2 Å². The zero-order chi connectivity index (χ0) is 105. The number of hydrogen-bond acceptors (Lipinski definition) is 40. The number of nitrogens with one attached hydrogen (secondary N) is 13. The fourth-order valence-electron chi connectivity index (χ4n) is 16.7. The van der Waals surface area contributed by atoms with Gasteiger partial charge in [0.1, 0.15) is 146 Å². The van der Waals surface area contributed by atoms with Crippen LogP contribution in [0.4, 0.5) is 0 Å². The summed E-state index contributed by atoms with van der Waals surface area (Å²) < 4.78 is 47.9. The SMILES string of the molecule is CNC(=O)C1CCCN1C(=O)C(CCCN=C(N)N)NC(=O)C(NC(=O)C(CC(=O)O)NC(=O)C1CCCN1C(=O)C(C)NC(=O)C(CO)NC(=O)C(NC(=O)C(NC(=O)CNC(=O)C(N)Cc1cnc[nH]1)C(C)C)C(C)O[C@H]1O[C@@H](CO)[C@H](O)C(O[C@@H]2O[C@@H](CO)[C@@H](O[C@@H]3O[C@@H](CO)[C@H](O)C(O[C@]4(C(=O)O)CC(O)[C@H](NC(C)=O)C([C@H](O)[C@H](O)CO)O4)C3O)C(O)C2NC(C)=O)C1NC(C)=O)C(C)O. The summed E-state index contributed by atoms with van der Waals surface area (Å²) in [6.07, 6.45) is -40.2. The molecule has 140 heavy (non-hydrogen) atoms. The van der Waals surface area contributed by atoms with Crippen molar-refractivity contribution in [3.63, 3.8) is 0 Å². The number of aliphatic carboxylic acids is 2. The molecular formula is C81H132N20O39. The summed E-state index contributed by atoms with van der Waals surface area (Å²) in [5.41, 5.74) is 17.5. The van der Waals surface area contributed by atoms with Crippen molar-refractivity contribution in [3.8, 4) is 0 Å². The van der Waals surface area contributed by atoms with Gasteiger partial charge in [-0.25, -0.2) is 9.78 Å². The van der Waals surface area contributed by atoms with Crippen LogP contribution in [0.2, 0.25) is 0 Å². The largest absolute Gasteiger partial charge is 0.481 e. The second-order valence-electron chi connectivity index (χ2n) is 34.8. The van der Waals surface area contributed by atoms with Crippen LogP contribution >= 0.6 is 0 Å². The van der Waals surface area contributed by atoms with E-state index in [-0.39, 0.29) is 64.1 Å². The molecule has 20 unspecified atom stereocenters. The van der Waals surface area contributed by atoms with Gasteiger partial charge in [0, 0.05) is 72.2 Å². The fraction of sp³-hybridized carbons (Fsp3) is 0.753. The van der Waals surface area contributed by atoms with E-state index in [9.17, 15) is 149 Å². The Bertz CT molecular complexity index is 4430. The second kappa shape index (κ2) is 53.3. The van der Waals surface area contributed by atoms with Crippen LogP contribution in [0.15, 0.2) is 17.5 Å². The number of aliphatic imine (C=N–C) groups is 1. The first-order valence-corrected chi connectivity index (χ1v) is 45.0. The molecule has 59 nitrogen and oxygen atoms in total. The minimum Gasteiger partial charge on any atom is -0.481 e. The average Bonchev–Trinajstić information content (AvgIpc) is 0.869. The van der Waals surface area contributed by atoms with Crippen LogP contribution in [0.5, 0.6) is 0 Å². The number of imidazole rings is 1. The molecule has 6 saturated heterocycles. The molecule has 0 aliphatic carbocycles. The maximum Gasteiger partial charge on any atom is 0.364 e.